The zero-order valence-corrected chi connectivity index (χ0v) is 13.9. The molecule has 0 aliphatic carbocycles. The van der Waals surface area contributed by atoms with Crippen LogP contribution in [0.2, 0.25) is 5.02 Å². The fourth-order valence-corrected chi connectivity index (χ4v) is 2.67. The minimum absolute atomic E-state index is 0.199. The van der Waals surface area contributed by atoms with Gasteiger partial charge in [0.25, 0.3) is 0 Å². The summed E-state index contributed by atoms with van der Waals surface area (Å²) in [6, 6.07) is 11.3. The van der Waals surface area contributed by atoms with E-state index in [1.54, 1.807) is 18.5 Å². The second-order valence-corrected chi connectivity index (χ2v) is 6.18. The van der Waals surface area contributed by atoms with E-state index in [0.717, 1.165) is 11.0 Å². The van der Waals surface area contributed by atoms with Gasteiger partial charge in [-0.1, -0.05) is 17.7 Å². The molecule has 23 heavy (non-hydrogen) atoms. The Kier molecular flexibility index (Phi) is 4.55. The van der Waals surface area contributed by atoms with E-state index in [1.165, 1.54) is 11.1 Å². The van der Waals surface area contributed by atoms with Crippen molar-refractivity contribution < 1.29 is 9.84 Å². The van der Waals surface area contributed by atoms with Crippen molar-refractivity contribution in [3.8, 4) is 5.75 Å². The third-order valence-electron chi connectivity index (χ3n) is 3.88. The van der Waals surface area contributed by atoms with Gasteiger partial charge in [-0.2, -0.15) is 0 Å². The molecule has 0 bridgehead atoms. The number of rotatable bonds is 5. The van der Waals surface area contributed by atoms with Gasteiger partial charge in [-0.3, -0.25) is 0 Å². The average molecular weight is 331 g/mol. The number of aryl methyl sites for hydroxylation is 2. The fourth-order valence-electron chi connectivity index (χ4n) is 2.49. The van der Waals surface area contributed by atoms with E-state index < -0.39 is 6.10 Å². The molecule has 1 aromatic heterocycles. The normalized spacial score (nSPS) is 12.5. The number of hydrogen-bond donors (Lipinski definition) is 1. The summed E-state index contributed by atoms with van der Waals surface area (Å²) in [5, 5.41) is 10.8. The number of aromatic nitrogens is 2. The van der Waals surface area contributed by atoms with Gasteiger partial charge in [0.15, 0.2) is 0 Å². The monoisotopic (exact) mass is 330 g/mol. The van der Waals surface area contributed by atoms with Crippen LogP contribution in [0.4, 0.5) is 0 Å². The molecule has 1 unspecified atom stereocenters. The summed E-state index contributed by atoms with van der Waals surface area (Å²) in [5.41, 5.74) is 4.39. The highest BCUT2D eigenvalue weighted by atomic mass is 35.5. The lowest BCUT2D eigenvalue weighted by atomic mass is 10.1. The van der Waals surface area contributed by atoms with Gasteiger partial charge in [-0.25, -0.2) is 4.98 Å². The summed E-state index contributed by atoms with van der Waals surface area (Å²) >= 11 is 5.91. The van der Waals surface area contributed by atoms with Crippen LogP contribution >= 0.6 is 11.6 Å². The average Bonchev–Trinajstić information content (AvgIpc) is 2.88. The zero-order valence-electron chi connectivity index (χ0n) is 13.2. The number of nitrogens with zero attached hydrogens (tertiary/aromatic N) is 2. The second-order valence-electron chi connectivity index (χ2n) is 5.74. The summed E-state index contributed by atoms with van der Waals surface area (Å²) in [4.78, 5) is 4.40. The van der Waals surface area contributed by atoms with E-state index in [-0.39, 0.29) is 6.61 Å². The Morgan fingerprint density at radius 1 is 1.22 bits per heavy atom. The summed E-state index contributed by atoms with van der Waals surface area (Å²) < 4.78 is 7.54. The summed E-state index contributed by atoms with van der Waals surface area (Å²) in [5.74, 6) is 0.651. The maximum Gasteiger partial charge on any atom is 0.120 e. The molecule has 5 heteroatoms. The van der Waals surface area contributed by atoms with E-state index in [9.17, 15) is 5.11 Å². The smallest absolute Gasteiger partial charge is 0.120 e. The van der Waals surface area contributed by atoms with Crippen molar-refractivity contribution in [3.63, 3.8) is 0 Å². The molecular formula is C18H19ClN2O2. The van der Waals surface area contributed by atoms with Crippen LogP contribution in [0.5, 0.6) is 5.75 Å². The standard InChI is InChI=1S/C18H19ClN2O2/c1-12-6-17-18(7-13(12)2)21(11-20-17)9-15(22)10-23-16-5-3-4-14(19)8-16/h3-8,11,15,22H,9-10H2,1-2H3. The molecule has 1 atom stereocenters. The van der Waals surface area contributed by atoms with Crippen molar-refractivity contribution in [2.45, 2.75) is 26.5 Å². The number of imidazole rings is 1. The Morgan fingerprint density at radius 2 is 2.00 bits per heavy atom. The second kappa shape index (κ2) is 6.60. The van der Waals surface area contributed by atoms with Gasteiger partial charge in [0.1, 0.15) is 18.5 Å². The lowest BCUT2D eigenvalue weighted by molar-refractivity contribution is 0.0934. The maximum absolute atomic E-state index is 10.2. The highest BCUT2D eigenvalue weighted by molar-refractivity contribution is 6.30. The summed E-state index contributed by atoms with van der Waals surface area (Å²) in [6.45, 7) is 4.77. The van der Waals surface area contributed by atoms with Crippen molar-refractivity contribution in [2.75, 3.05) is 6.61 Å². The summed E-state index contributed by atoms with van der Waals surface area (Å²) in [6.07, 6.45) is 1.12. The van der Waals surface area contributed by atoms with Crippen LogP contribution in [0, 0.1) is 13.8 Å². The number of aliphatic hydroxyl groups is 1. The van der Waals surface area contributed by atoms with Crippen LogP contribution in [-0.4, -0.2) is 27.4 Å². The van der Waals surface area contributed by atoms with Gasteiger partial charge in [0.2, 0.25) is 0 Å². The van der Waals surface area contributed by atoms with Gasteiger partial charge in [-0.15, -0.1) is 0 Å². The molecule has 0 amide bonds. The van der Waals surface area contributed by atoms with E-state index in [0.29, 0.717) is 17.3 Å². The highest BCUT2D eigenvalue weighted by Crippen LogP contribution is 2.20. The predicted octanol–water partition coefficient (Wildman–Crippen LogP) is 3.75. The highest BCUT2D eigenvalue weighted by Gasteiger charge is 2.11. The van der Waals surface area contributed by atoms with Gasteiger partial charge in [0.05, 0.1) is 23.9 Å². The van der Waals surface area contributed by atoms with Crippen LogP contribution in [0.25, 0.3) is 11.0 Å². The minimum atomic E-state index is -0.631. The third-order valence-corrected chi connectivity index (χ3v) is 4.12. The molecule has 0 radical (unpaired) electrons. The van der Waals surface area contributed by atoms with E-state index in [4.69, 9.17) is 16.3 Å². The number of fused-ring (bicyclic) bond motifs is 1. The number of halogens is 1. The van der Waals surface area contributed by atoms with Crippen LogP contribution in [0.15, 0.2) is 42.7 Å². The van der Waals surface area contributed by atoms with Gasteiger partial charge < -0.3 is 14.4 Å². The van der Waals surface area contributed by atoms with Crippen molar-refractivity contribution in [1.82, 2.24) is 9.55 Å². The van der Waals surface area contributed by atoms with Crippen molar-refractivity contribution in [3.05, 3.63) is 58.9 Å². The maximum atomic E-state index is 10.2. The number of hydrogen-bond acceptors (Lipinski definition) is 3. The van der Waals surface area contributed by atoms with E-state index in [1.807, 2.05) is 16.7 Å². The zero-order chi connectivity index (χ0) is 16.4. The molecule has 120 valence electrons. The van der Waals surface area contributed by atoms with Crippen molar-refractivity contribution in [1.29, 1.82) is 0 Å². The first kappa shape index (κ1) is 15.8. The Balaban J connectivity index is 1.68. The minimum Gasteiger partial charge on any atom is -0.491 e. The van der Waals surface area contributed by atoms with Gasteiger partial charge >= 0.3 is 0 Å². The first-order chi connectivity index (χ1) is 11.0. The first-order valence-electron chi connectivity index (χ1n) is 7.51. The predicted molar refractivity (Wildman–Crippen MR) is 92.2 cm³/mol. The van der Waals surface area contributed by atoms with Crippen molar-refractivity contribution >= 4 is 22.6 Å². The molecule has 3 aromatic rings. The third kappa shape index (κ3) is 3.66. The van der Waals surface area contributed by atoms with Gasteiger partial charge in [0, 0.05) is 5.02 Å². The molecule has 2 aromatic carbocycles. The SMILES string of the molecule is Cc1cc2ncn(CC(O)COc3cccc(Cl)c3)c2cc1C. The quantitative estimate of drug-likeness (QED) is 0.775. The van der Waals surface area contributed by atoms with Crippen molar-refractivity contribution in [2.24, 2.45) is 0 Å². The van der Waals surface area contributed by atoms with Crippen LogP contribution < -0.4 is 4.74 Å². The molecule has 0 saturated heterocycles. The summed E-state index contributed by atoms with van der Waals surface area (Å²) in [7, 11) is 0. The lowest BCUT2D eigenvalue weighted by Gasteiger charge is -2.14. The lowest BCUT2D eigenvalue weighted by Crippen LogP contribution is -2.23. The molecule has 0 aliphatic rings. The van der Waals surface area contributed by atoms with E-state index in [2.05, 4.69) is 31.0 Å². The topological polar surface area (TPSA) is 47.3 Å². The number of benzene rings is 2. The molecule has 0 saturated carbocycles. The Hall–Kier alpha value is -2.04. The number of ether oxygens (including phenoxy) is 1. The molecule has 0 aliphatic heterocycles. The Bertz CT molecular complexity index is 829. The molecule has 0 fully saturated rings. The van der Waals surface area contributed by atoms with E-state index >= 15 is 0 Å². The molecule has 0 spiro atoms. The molecular weight excluding hydrogens is 312 g/mol. The number of aliphatic hydroxyl groups excluding tert-OH is 1. The molecule has 1 heterocycles. The fraction of sp³-hybridized carbons (Fsp3) is 0.278. The van der Waals surface area contributed by atoms with Gasteiger partial charge in [-0.05, 0) is 55.3 Å². The van der Waals surface area contributed by atoms with Crippen LogP contribution in [0.3, 0.4) is 0 Å². The Labute approximate surface area is 140 Å². The molecule has 3 rings (SSSR count). The van der Waals surface area contributed by atoms with Crippen LogP contribution in [0.1, 0.15) is 11.1 Å². The molecule has 1 N–H and O–H groups in total. The Morgan fingerprint density at radius 3 is 2.78 bits per heavy atom. The first-order valence-corrected chi connectivity index (χ1v) is 7.89. The largest absolute Gasteiger partial charge is 0.491 e. The van der Waals surface area contributed by atoms with Crippen LogP contribution in [-0.2, 0) is 6.54 Å². The molecule has 4 nitrogen and oxygen atoms in total.